The van der Waals surface area contributed by atoms with Crippen LogP contribution < -0.4 is 20.1 Å². The Kier molecular flexibility index (Phi) is 6.01. The molecule has 1 aromatic carbocycles. The van der Waals surface area contributed by atoms with Gasteiger partial charge in [0.1, 0.15) is 5.69 Å². The second kappa shape index (κ2) is 8.43. The van der Waals surface area contributed by atoms with E-state index in [1.165, 1.54) is 0 Å². The first-order valence-corrected chi connectivity index (χ1v) is 9.32. The lowest BCUT2D eigenvalue weighted by atomic mass is 10.0. The van der Waals surface area contributed by atoms with Crippen LogP contribution in [0.5, 0.6) is 11.5 Å². The number of amides is 1. The van der Waals surface area contributed by atoms with Crippen LogP contribution in [0.1, 0.15) is 53.5 Å². The summed E-state index contributed by atoms with van der Waals surface area (Å²) in [4.78, 5) is 12.7. The zero-order chi connectivity index (χ0) is 19.4. The predicted octanol–water partition coefficient (Wildman–Crippen LogP) is 2.62. The molecule has 3 rings (SSSR count). The molecule has 1 fully saturated rings. The summed E-state index contributed by atoms with van der Waals surface area (Å²) in [6.45, 7) is 5.89. The summed E-state index contributed by atoms with van der Waals surface area (Å²) < 4.78 is 12.6. The van der Waals surface area contributed by atoms with E-state index in [1.807, 2.05) is 36.9 Å². The van der Waals surface area contributed by atoms with Crippen molar-refractivity contribution >= 4 is 5.91 Å². The molecule has 0 saturated carbocycles. The van der Waals surface area contributed by atoms with E-state index in [0.717, 1.165) is 37.1 Å². The Morgan fingerprint density at radius 1 is 1.33 bits per heavy atom. The monoisotopic (exact) mass is 372 g/mol. The number of nitrogens with zero attached hydrogens (tertiary/aromatic N) is 2. The van der Waals surface area contributed by atoms with Gasteiger partial charge < -0.3 is 20.1 Å². The number of piperidine rings is 1. The van der Waals surface area contributed by atoms with Crippen molar-refractivity contribution in [3.63, 3.8) is 0 Å². The highest BCUT2D eigenvalue weighted by Gasteiger charge is 2.20. The number of hydrogen-bond donors (Lipinski definition) is 2. The van der Waals surface area contributed by atoms with E-state index in [2.05, 4.69) is 15.7 Å². The number of benzene rings is 1. The Balaban J connectivity index is 1.71. The lowest BCUT2D eigenvalue weighted by Crippen LogP contribution is -2.32. The van der Waals surface area contributed by atoms with E-state index >= 15 is 0 Å². The largest absolute Gasteiger partial charge is 0.493 e. The molecule has 1 amide bonds. The summed E-state index contributed by atoms with van der Waals surface area (Å²) in [7, 11) is 3.22. The van der Waals surface area contributed by atoms with Crippen LogP contribution in [0.2, 0.25) is 0 Å². The van der Waals surface area contributed by atoms with Crippen LogP contribution in [0.3, 0.4) is 0 Å². The van der Waals surface area contributed by atoms with E-state index in [4.69, 9.17) is 9.47 Å². The molecule has 2 N–H and O–H groups in total. The van der Waals surface area contributed by atoms with Crippen LogP contribution in [0.15, 0.2) is 24.4 Å². The molecule has 7 nitrogen and oxygen atoms in total. The number of carbonyl (C=O) groups excluding carboxylic acids is 1. The fraction of sp³-hybridized carbons (Fsp3) is 0.500. The zero-order valence-electron chi connectivity index (χ0n) is 16.4. The van der Waals surface area contributed by atoms with Crippen LogP contribution in [0.4, 0.5) is 0 Å². The van der Waals surface area contributed by atoms with Gasteiger partial charge >= 0.3 is 0 Å². The van der Waals surface area contributed by atoms with Gasteiger partial charge in [0.05, 0.1) is 26.3 Å². The van der Waals surface area contributed by atoms with Gasteiger partial charge in [-0.25, -0.2) is 0 Å². The van der Waals surface area contributed by atoms with Crippen LogP contribution in [0.25, 0.3) is 0 Å². The first-order chi connectivity index (χ1) is 13.0. The van der Waals surface area contributed by atoms with Crippen molar-refractivity contribution in [3.05, 3.63) is 41.2 Å². The van der Waals surface area contributed by atoms with Crippen LogP contribution in [-0.2, 0) is 0 Å². The molecule has 1 aromatic heterocycles. The minimum atomic E-state index is -0.182. The summed E-state index contributed by atoms with van der Waals surface area (Å²) in [6, 6.07) is 5.73. The Hall–Kier alpha value is -2.54. The Morgan fingerprint density at radius 2 is 2.07 bits per heavy atom. The quantitative estimate of drug-likeness (QED) is 0.815. The second-order valence-corrected chi connectivity index (χ2v) is 6.94. The number of hydrogen-bond acceptors (Lipinski definition) is 5. The number of rotatable bonds is 6. The van der Waals surface area contributed by atoms with Crippen molar-refractivity contribution < 1.29 is 14.3 Å². The first kappa shape index (κ1) is 19.2. The van der Waals surface area contributed by atoms with Gasteiger partial charge in [-0.1, -0.05) is 0 Å². The van der Waals surface area contributed by atoms with Crippen LogP contribution in [-0.4, -0.2) is 43.0 Å². The molecule has 0 aliphatic carbocycles. The summed E-state index contributed by atoms with van der Waals surface area (Å²) in [6.07, 6.45) is 4.09. The highest BCUT2D eigenvalue weighted by atomic mass is 16.5. The van der Waals surface area contributed by atoms with Gasteiger partial charge in [0.25, 0.3) is 5.91 Å². The third-order valence-corrected chi connectivity index (χ3v) is 5.07. The minimum absolute atomic E-state index is 0.181. The molecule has 1 aliphatic rings. The fourth-order valence-electron chi connectivity index (χ4n) is 3.53. The van der Waals surface area contributed by atoms with E-state index in [0.29, 0.717) is 23.2 Å². The highest BCUT2D eigenvalue weighted by molar-refractivity contribution is 5.92. The molecule has 0 spiro atoms. The fourth-order valence-corrected chi connectivity index (χ4v) is 3.53. The maximum Gasteiger partial charge on any atom is 0.272 e. The number of methoxy groups -OCH3 is 2. The van der Waals surface area contributed by atoms with Gasteiger partial charge in [0, 0.05) is 12.7 Å². The van der Waals surface area contributed by atoms with Crippen molar-refractivity contribution in [3.8, 4) is 11.5 Å². The third kappa shape index (κ3) is 4.24. The number of ether oxygens (including phenoxy) is 2. The minimum Gasteiger partial charge on any atom is -0.493 e. The maximum atomic E-state index is 12.7. The average molecular weight is 372 g/mol. The standard InChI is InChI=1S/C20H28N4O3/c1-13-10-18(26-3)19(27-4)11-16(13)14(2)22-20(25)17-7-9-24(23-17)15-6-5-8-21-12-15/h7,9-11,14-15,21H,5-6,8,12H2,1-4H3,(H,22,25). The summed E-state index contributed by atoms with van der Waals surface area (Å²) in [5.41, 5.74) is 2.45. The predicted molar refractivity (Wildman–Crippen MR) is 104 cm³/mol. The third-order valence-electron chi connectivity index (χ3n) is 5.07. The summed E-state index contributed by atoms with van der Waals surface area (Å²) in [5, 5.41) is 10.9. The second-order valence-electron chi connectivity index (χ2n) is 6.94. The van der Waals surface area contributed by atoms with Gasteiger partial charge in [-0.3, -0.25) is 9.48 Å². The lowest BCUT2D eigenvalue weighted by molar-refractivity contribution is 0.0933. The lowest BCUT2D eigenvalue weighted by Gasteiger charge is -2.23. The molecular formula is C20H28N4O3. The van der Waals surface area contributed by atoms with Crippen molar-refractivity contribution in [1.82, 2.24) is 20.4 Å². The van der Waals surface area contributed by atoms with Crippen molar-refractivity contribution in [2.45, 2.75) is 38.8 Å². The number of aryl methyl sites for hydroxylation is 1. The normalized spacial score (nSPS) is 18.0. The summed E-state index contributed by atoms with van der Waals surface area (Å²) in [5.74, 6) is 1.14. The van der Waals surface area contributed by atoms with Crippen molar-refractivity contribution in [1.29, 1.82) is 0 Å². The van der Waals surface area contributed by atoms with E-state index < -0.39 is 0 Å². The number of carbonyl (C=O) groups is 1. The molecule has 1 aliphatic heterocycles. The molecular weight excluding hydrogens is 344 g/mol. The van der Waals surface area contributed by atoms with Crippen molar-refractivity contribution in [2.75, 3.05) is 27.3 Å². The number of aromatic nitrogens is 2. The molecule has 2 heterocycles. The van der Waals surface area contributed by atoms with E-state index in [9.17, 15) is 4.79 Å². The Bertz CT molecular complexity index is 797. The van der Waals surface area contributed by atoms with E-state index in [-0.39, 0.29) is 11.9 Å². The molecule has 146 valence electrons. The van der Waals surface area contributed by atoms with Crippen molar-refractivity contribution in [2.24, 2.45) is 0 Å². The first-order valence-electron chi connectivity index (χ1n) is 9.32. The van der Waals surface area contributed by atoms with Gasteiger partial charge in [-0.15, -0.1) is 0 Å². The molecule has 2 atom stereocenters. The zero-order valence-corrected chi connectivity index (χ0v) is 16.4. The van der Waals surface area contributed by atoms with E-state index in [1.54, 1.807) is 20.3 Å². The highest BCUT2D eigenvalue weighted by Crippen LogP contribution is 2.32. The van der Waals surface area contributed by atoms with Gasteiger partial charge in [0.15, 0.2) is 11.5 Å². The average Bonchev–Trinajstić information content (AvgIpc) is 3.18. The Labute approximate surface area is 160 Å². The molecule has 1 saturated heterocycles. The summed E-state index contributed by atoms with van der Waals surface area (Å²) >= 11 is 0. The van der Waals surface area contributed by atoms with Crippen LogP contribution >= 0.6 is 0 Å². The molecule has 0 radical (unpaired) electrons. The molecule has 27 heavy (non-hydrogen) atoms. The van der Waals surface area contributed by atoms with Crippen LogP contribution in [0, 0.1) is 6.92 Å². The Morgan fingerprint density at radius 3 is 2.74 bits per heavy atom. The maximum absolute atomic E-state index is 12.7. The smallest absolute Gasteiger partial charge is 0.272 e. The molecule has 2 unspecified atom stereocenters. The SMILES string of the molecule is COc1cc(C)c(C(C)NC(=O)c2ccn(C3CCCNC3)n2)cc1OC. The number of nitrogens with one attached hydrogen (secondary N) is 2. The van der Waals surface area contributed by atoms with Gasteiger partial charge in [0.2, 0.25) is 0 Å². The molecule has 7 heteroatoms. The molecule has 0 bridgehead atoms. The van der Waals surface area contributed by atoms with Gasteiger partial charge in [-0.05, 0) is 62.6 Å². The topological polar surface area (TPSA) is 77.4 Å². The molecule has 2 aromatic rings. The van der Waals surface area contributed by atoms with Gasteiger partial charge in [-0.2, -0.15) is 5.10 Å².